The van der Waals surface area contributed by atoms with Gasteiger partial charge in [0.2, 0.25) is 11.8 Å². The Balaban J connectivity index is 2.15. The van der Waals surface area contributed by atoms with Gasteiger partial charge in [-0.1, -0.05) is 0 Å². The summed E-state index contributed by atoms with van der Waals surface area (Å²) in [7, 11) is 1.28. The molecule has 106 valence electrons. The second-order valence-electron chi connectivity index (χ2n) is 5.17. The molecular formula is C13H20N2O4. The smallest absolute Gasteiger partial charge is 0.329 e. The van der Waals surface area contributed by atoms with Crippen molar-refractivity contribution in [3.05, 3.63) is 0 Å². The van der Waals surface area contributed by atoms with Crippen molar-refractivity contribution in [2.45, 2.75) is 44.7 Å². The van der Waals surface area contributed by atoms with Crippen molar-refractivity contribution in [3.63, 3.8) is 0 Å². The minimum atomic E-state index is -0.737. The summed E-state index contributed by atoms with van der Waals surface area (Å²) in [6.07, 6.45) is 2.27. The minimum Gasteiger partial charge on any atom is -0.467 e. The summed E-state index contributed by atoms with van der Waals surface area (Å²) < 4.78 is 4.68. The number of hydrogen-bond donors (Lipinski definition) is 1. The molecule has 2 aliphatic heterocycles. The highest BCUT2D eigenvalue weighted by Gasteiger charge is 2.44. The fourth-order valence-corrected chi connectivity index (χ4v) is 2.88. The van der Waals surface area contributed by atoms with E-state index in [9.17, 15) is 14.4 Å². The average molecular weight is 268 g/mol. The molecule has 0 aromatic rings. The number of piperidine rings is 1. The maximum atomic E-state index is 12.5. The third-order valence-electron chi connectivity index (χ3n) is 4.00. The number of carbonyl (C=O) groups is 3. The molecule has 6 heteroatoms. The van der Waals surface area contributed by atoms with Gasteiger partial charge in [-0.3, -0.25) is 14.5 Å². The molecule has 6 nitrogen and oxygen atoms in total. The normalized spacial score (nSPS) is 31.4. The zero-order valence-corrected chi connectivity index (χ0v) is 11.3. The summed E-state index contributed by atoms with van der Waals surface area (Å²) in [6.45, 7) is 2.83. The van der Waals surface area contributed by atoms with E-state index in [0.717, 1.165) is 24.3 Å². The molecule has 1 N–H and O–H groups in total. The Kier molecular flexibility index (Phi) is 4.19. The molecule has 0 aromatic heterocycles. The largest absolute Gasteiger partial charge is 0.467 e. The van der Waals surface area contributed by atoms with Gasteiger partial charge >= 0.3 is 5.97 Å². The molecule has 0 spiro atoms. The molecule has 0 bridgehead atoms. The van der Waals surface area contributed by atoms with Gasteiger partial charge in [-0.2, -0.15) is 0 Å². The number of rotatable bonds is 2. The summed E-state index contributed by atoms with van der Waals surface area (Å²) in [5.41, 5.74) is 0. The van der Waals surface area contributed by atoms with Crippen LogP contribution in [0.25, 0.3) is 0 Å². The van der Waals surface area contributed by atoms with E-state index in [1.807, 2.05) is 6.92 Å². The van der Waals surface area contributed by atoms with Gasteiger partial charge in [0.05, 0.1) is 13.0 Å². The van der Waals surface area contributed by atoms with Gasteiger partial charge in [0.15, 0.2) is 0 Å². The number of imide groups is 1. The molecule has 0 unspecified atom stereocenters. The van der Waals surface area contributed by atoms with Gasteiger partial charge < -0.3 is 10.1 Å². The standard InChI is InChI=1S/C13H20N2O4/c1-8-9(4-3-7-14-8)12(17)15-10(13(18)19-2)5-6-11(15)16/h8-10,14H,3-7H2,1-2H3/t8-,9+,10+/m1/s1. The Labute approximate surface area is 112 Å². The van der Waals surface area contributed by atoms with Gasteiger partial charge in [0.25, 0.3) is 0 Å². The number of nitrogens with zero attached hydrogens (tertiary/aromatic N) is 1. The van der Waals surface area contributed by atoms with Crippen molar-refractivity contribution in [3.8, 4) is 0 Å². The van der Waals surface area contributed by atoms with E-state index in [1.54, 1.807) is 0 Å². The zero-order chi connectivity index (χ0) is 14.0. The van der Waals surface area contributed by atoms with Gasteiger partial charge in [-0.15, -0.1) is 0 Å². The Hall–Kier alpha value is -1.43. The highest BCUT2D eigenvalue weighted by Crippen LogP contribution is 2.26. The number of nitrogens with one attached hydrogen (secondary N) is 1. The van der Waals surface area contributed by atoms with Crippen LogP contribution in [0.1, 0.15) is 32.6 Å². The van der Waals surface area contributed by atoms with E-state index in [0.29, 0.717) is 6.42 Å². The lowest BCUT2D eigenvalue weighted by atomic mass is 9.90. The molecule has 2 amide bonds. The lowest BCUT2D eigenvalue weighted by Gasteiger charge is -2.32. The fraction of sp³-hybridized carbons (Fsp3) is 0.769. The van der Waals surface area contributed by atoms with E-state index in [4.69, 9.17) is 0 Å². The monoisotopic (exact) mass is 268 g/mol. The summed E-state index contributed by atoms with van der Waals surface area (Å²) in [5, 5.41) is 3.23. The predicted molar refractivity (Wildman–Crippen MR) is 67.1 cm³/mol. The van der Waals surface area contributed by atoms with Crippen LogP contribution in [0.2, 0.25) is 0 Å². The average Bonchev–Trinajstić information content (AvgIpc) is 2.79. The van der Waals surface area contributed by atoms with Gasteiger partial charge in [-0.05, 0) is 32.7 Å². The second kappa shape index (κ2) is 5.69. The quantitative estimate of drug-likeness (QED) is 0.566. The Morgan fingerprint density at radius 3 is 2.74 bits per heavy atom. The lowest BCUT2D eigenvalue weighted by Crippen LogP contribution is -2.52. The van der Waals surface area contributed by atoms with E-state index in [1.165, 1.54) is 7.11 Å². The van der Waals surface area contributed by atoms with E-state index < -0.39 is 12.0 Å². The van der Waals surface area contributed by atoms with Gasteiger partial charge in [0, 0.05) is 12.5 Å². The number of ether oxygens (including phenoxy) is 1. The molecule has 2 heterocycles. The molecule has 0 aromatic carbocycles. The summed E-state index contributed by atoms with van der Waals surface area (Å²) in [4.78, 5) is 37.2. The first-order valence-electron chi connectivity index (χ1n) is 6.73. The van der Waals surface area contributed by atoms with Crippen LogP contribution in [-0.2, 0) is 19.1 Å². The molecule has 2 saturated heterocycles. The maximum Gasteiger partial charge on any atom is 0.329 e. The maximum absolute atomic E-state index is 12.5. The first kappa shape index (κ1) is 14.0. The van der Waals surface area contributed by atoms with E-state index in [2.05, 4.69) is 10.1 Å². The number of hydrogen-bond acceptors (Lipinski definition) is 5. The fourth-order valence-electron chi connectivity index (χ4n) is 2.88. The summed E-state index contributed by atoms with van der Waals surface area (Å²) in [6, 6.07) is -0.702. The highest BCUT2D eigenvalue weighted by molar-refractivity contribution is 6.02. The van der Waals surface area contributed by atoms with Crippen LogP contribution in [-0.4, -0.2) is 48.4 Å². The summed E-state index contributed by atoms with van der Waals surface area (Å²) in [5.74, 6) is -1.24. The van der Waals surface area contributed by atoms with Crippen LogP contribution >= 0.6 is 0 Å². The summed E-state index contributed by atoms with van der Waals surface area (Å²) >= 11 is 0. The molecule has 0 radical (unpaired) electrons. The third kappa shape index (κ3) is 2.63. The van der Waals surface area contributed by atoms with Gasteiger partial charge in [-0.25, -0.2) is 4.79 Å². The van der Waals surface area contributed by atoms with Crippen molar-refractivity contribution in [1.82, 2.24) is 10.2 Å². The van der Waals surface area contributed by atoms with Crippen LogP contribution in [0.5, 0.6) is 0 Å². The molecular weight excluding hydrogens is 248 g/mol. The Bertz CT molecular complexity index is 396. The van der Waals surface area contributed by atoms with E-state index in [-0.39, 0.29) is 30.2 Å². The lowest BCUT2D eigenvalue weighted by molar-refractivity contribution is -0.158. The van der Waals surface area contributed by atoms with Crippen LogP contribution in [0.15, 0.2) is 0 Å². The number of likely N-dealkylation sites (tertiary alicyclic amines) is 1. The molecule has 0 saturated carbocycles. The zero-order valence-electron chi connectivity index (χ0n) is 11.3. The van der Waals surface area contributed by atoms with Crippen molar-refractivity contribution in [1.29, 1.82) is 0 Å². The number of amides is 2. The van der Waals surface area contributed by atoms with Crippen molar-refractivity contribution in [2.75, 3.05) is 13.7 Å². The van der Waals surface area contributed by atoms with Crippen molar-refractivity contribution < 1.29 is 19.1 Å². The first-order valence-corrected chi connectivity index (χ1v) is 6.73. The molecule has 2 rings (SSSR count). The Morgan fingerprint density at radius 1 is 1.37 bits per heavy atom. The highest BCUT2D eigenvalue weighted by atomic mass is 16.5. The number of esters is 1. The topological polar surface area (TPSA) is 75.7 Å². The predicted octanol–water partition coefficient (Wildman–Crippen LogP) is 0.0651. The van der Waals surface area contributed by atoms with Gasteiger partial charge in [0.1, 0.15) is 6.04 Å². The van der Waals surface area contributed by atoms with Crippen LogP contribution in [0.3, 0.4) is 0 Å². The molecule has 2 fully saturated rings. The second-order valence-corrected chi connectivity index (χ2v) is 5.17. The SMILES string of the molecule is COC(=O)[C@@H]1CCC(=O)N1C(=O)[C@H]1CCCN[C@@H]1C. The van der Waals surface area contributed by atoms with Crippen LogP contribution in [0, 0.1) is 5.92 Å². The number of carbonyl (C=O) groups excluding carboxylic acids is 3. The van der Waals surface area contributed by atoms with Crippen molar-refractivity contribution in [2.24, 2.45) is 5.92 Å². The minimum absolute atomic E-state index is 0.0351. The molecule has 2 aliphatic rings. The molecule has 3 atom stereocenters. The first-order chi connectivity index (χ1) is 9.06. The Morgan fingerprint density at radius 2 is 2.11 bits per heavy atom. The van der Waals surface area contributed by atoms with E-state index >= 15 is 0 Å². The third-order valence-corrected chi connectivity index (χ3v) is 4.00. The molecule has 0 aliphatic carbocycles. The molecule has 19 heavy (non-hydrogen) atoms. The van der Waals surface area contributed by atoms with Crippen LogP contribution < -0.4 is 5.32 Å². The van der Waals surface area contributed by atoms with Crippen molar-refractivity contribution >= 4 is 17.8 Å². The number of methoxy groups -OCH3 is 1. The van der Waals surface area contributed by atoms with Crippen LogP contribution in [0.4, 0.5) is 0 Å².